The smallest absolute Gasteiger partial charge is 0.258 e. The summed E-state index contributed by atoms with van der Waals surface area (Å²) in [6.07, 6.45) is 2.78. The molecule has 0 unspecified atom stereocenters. The van der Waals surface area contributed by atoms with Crippen molar-refractivity contribution in [2.24, 2.45) is 0 Å². The Morgan fingerprint density at radius 1 is 1.38 bits per heavy atom. The monoisotopic (exact) mass is 224 g/mol. The highest BCUT2D eigenvalue weighted by molar-refractivity contribution is 6.56. The summed E-state index contributed by atoms with van der Waals surface area (Å²) in [5, 5.41) is -0.405. The molecule has 0 atom stereocenters. The fraction of sp³-hybridized carbons (Fsp3) is 0.111. The zero-order chi connectivity index (χ0) is 11.9. The molecule has 72 valence electrons. The van der Waals surface area contributed by atoms with E-state index in [1.807, 2.05) is 0 Å². The van der Waals surface area contributed by atoms with Gasteiger partial charge in [-0.05, 0) is 17.5 Å². The van der Waals surface area contributed by atoms with Crippen molar-refractivity contribution in [2.45, 2.75) is 5.24 Å². The Bertz CT molecular complexity index is 606. The molecule has 0 saturated heterocycles. The van der Waals surface area contributed by atoms with Gasteiger partial charge in [-0.15, -0.1) is 0 Å². The first kappa shape index (κ1) is 11.3. The lowest BCUT2D eigenvalue weighted by Crippen LogP contribution is -2.42. The number of halogens is 1. The van der Waals surface area contributed by atoms with Gasteiger partial charge in [0, 0.05) is 12.4 Å². The van der Waals surface area contributed by atoms with Crippen molar-refractivity contribution in [3.63, 3.8) is 0 Å². The molecule has 0 aliphatic heterocycles. The minimum atomic E-state index is -1.73. The van der Waals surface area contributed by atoms with E-state index in [0.29, 0.717) is 15.9 Å². The minimum Gasteiger partial charge on any atom is -0.335 e. The van der Waals surface area contributed by atoms with Gasteiger partial charge >= 0.3 is 0 Å². The maximum atomic E-state index is 11.9. The van der Waals surface area contributed by atoms with Gasteiger partial charge < -0.3 is 4.57 Å². The zero-order valence-corrected chi connectivity index (χ0v) is 8.98. The van der Waals surface area contributed by atoms with E-state index in [1.54, 1.807) is 12.1 Å². The van der Waals surface area contributed by atoms with Gasteiger partial charge in [-0.1, -0.05) is 16.8 Å². The van der Waals surface area contributed by atoms with Crippen molar-refractivity contribution in [3.05, 3.63) is 40.0 Å². The van der Waals surface area contributed by atoms with Crippen molar-refractivity contribution < 1.29 is 0 Å². The van der Waals surface area contributed by atoms with Gasteiger partial charge in [0.15, 0.2) is 0 Å². The number of aromatic nitrogens is 2. The molecule has 0 aliphatic rings. The van der Waals surface area contributed by atoms with E-state index in [9.17, 15) is 4.79 Å². The summed E-state index contributed by atoms with van der Waals surface area (Å²) < 4.78 is 1.03. The van der Waals surface area contributed by atoms with Crippen LogP contribution in [0.15, 0.2) is 29.3 Å². The van der Waals surface area contributed by atoms with Gasteiger partial charge in [-0.3, -0.25) is 4.79 Å². The number of nitrogens with zero attached hydrogens (tertiary/aromatic N) is 2. The normalized spacial score (nSPS) is 11.8. The maximum absolute atomic E-state index is 11.9. The van der Waals surface area contributed by atoms with E-state index in [2.05, 4.69) is 4.98 Å². The number of hydrogen-bond donors (Lipinski definition) is 0. The number of hydrogen-bond acceptors (Lipinski definition) is 2. The van der Waals surface area contributed by atoms with Crippen LogP contribution in [-0.2, 0) is 5.24 Å². The predicted molar refractivity (Wildman–Crippen MR) is 66.2 cm³/mol. The second kappa shape index (κ2) is 3.70. The molecule has 0 fully saturated rings. The lowest BCUT2D eigenvalue weighted by molar-refractivity contribution is 0.752. The summed E-state index contributed by atoms with van der Waals surface area (Å²) in [5.41, 5.74) is -0.408. The summed E-state index contributed by atoms with van der Waals surface area (Å²) in [4.78, 5) is 15.7. The van der Waals surface area contributed by atoms with E-state index in [1.165, 1.54) is 12.4 Å². The largest absolute Gasteiger partial charge is 0.335 e. The summed E-state index contributed by atoms with van der Waals surface area (Å²) in [5.74, 6) is 0. The summed E-state index contributed by atoms with van der Waals surface area (Å²) in [6, 6.07) is 3.22. The first-order valence-electron chi connectivity index (χ1n) is 4.43. The van der Waals surface area contributed by atoms with Crippen molar-refractivity contribution in [3.8, 4) is 0 Å². The molecular formula is C9H4B3ClN2O. The lowest BCUT2D eigenvalue weighted by Gasteiger charge is -2.24. The highest BCUT2D eigenvalue weighted by Crippen LogP contribution is 2.14. The van der Waals surface area contributed by atoms with Crippen LogP contribution in [0.3, 0.4) is 0 Å². The third-order valence-electron chi connectivity index (χ3n) is 2.17. The molecule has 2 rings (SSSR count). The fourth-order valence-electron chi connectivity index (χ4n) is 1.42. The van der Waals surface area contributed by atoms with Crippen LogP contribution in [0.25, 0.3) is 10.8 Å². The molecule has 0 N–H and O–H groups in total. The Morgan fingerprint density at radius 2 is 2.06 bits per heavy atom. The van der Waals surface area contributed by atoms with Crippen LogP contribution in [0.5, 0.6) is 0 Å². The SMILES string of the molecule is [B]C([B])([B])n1ccc2cc(Cl)ncc2c1=O. The highest BCUT2D eigenvalue weighted by atomic mass is 35.5. The minimum absolute atomic E-state index is 0.309. The van der Waals surface area contributed by atoms with Gasteiger partial charge in [-0.2, -0.15) is 0 Å². The third kappa shape index (κ3) is 1.89. The molecule has 2 heterocycles. The van der Waals surface area contributed by atoms with Crippen LogP contribution in [0.1, 0.15) is 0 Å². The molecule has 0 aromatic carbocycles. The Balaban J connectivity index is 2.81. The molecule has 2 aromatic rings. The molecule has 0 amide bonds. The standard InChI is InChI=1S/C9H4B3ClN2O/c10-9(11,12)15-2-1-5-3-7(13)14-4-6(5)8(15)16/h1-4H. The van der Waals surface area contributed by atoms with Crippen molar-refractivity contribution >= 4 is 45.9 Å². The Kier molecular flexibility index (Phi) is 2.62. The molecule has 6 radical (unpaired) electrons. The van der Waals surface area contributed by atoms with Crippen molar-refractivity contribution in [2.75, 3.05) is 0 Å². The van der Waals surface area contributed by atoms with Crippen molar-refractivity contribution in [1.29, 1.82) is 0 Å². The van der Waals surface area contributed by atoms with Crippen LogP contribution < -0.4 is 5.56 Å². The van der Waals surface area contributed by atoms with Gasteiger partial charge in [0.05, 0.1) is 28.9 Å². The highest BCUT2D eigenvalue weighted by Gasteiger charge is 2.14. The number of fused-ring (bicyclic) bond motifs is 1. The van der Waals surface area contributed by atoms with Crippen LogP contribution in [0, 0.1) is 0 Å². The molecule has 16 heavy (non-hydrogen) atoms. The quantitative estimate of drug-likeness (QED) is 0.509. The zero-order valence-electron chi connectivity index (χ0n) is 8.22. The lowest BCUT2D eigenvalue weighted by atomic mass is 9.49. The molecule has 0 saturated carbocycles. The Labute approximate surface area is 101 Å². The summed E-state index contributed by atoms with van der Waals surface area (Å²) >= 11 is 5.71. The van der Waals surface area contributed by atoms with E-state index >= 15 is 0 Å². The average molecular weight is 224 g/mol. The summed E-state index contributed by atoms with van der Waals surface area (Å²) in [6.45, 7) is 0. The fourth-order valence-corrected chi connectivity index (χ4v) is 1.58. The second-order valence-corrected chi connectivity index (χ2v) is 3.86. The van der Waals surface area contributed by atoms with Crippen LogP contribution >= 0.6 is 11.6 Å². The topological polar surface area (TPSA) is 34.9 Å². The average Bonchev–Trinajstić information content (AvgIpc) is 2.15. The molecule has 0 bridgehead atoms. The van der Waals surface area contributed by atoms with Crippen LogP contribution in [0.2, 0.25) is 5.15 Å². The molecule has 0 aliphatic carbocycles. The first-order valence-corrected chi connectivity index (χ1v) is 4.81. The Hall–Kier alpha value is -1.16. The van der Waals surface area contributed by atoms with E-state index < -0.39 is 10.8 Å². The van der Waals surface area contributed by atoms with Gasteiger partial charge in [-0.25, -0.2) is 4.98 Å². The van der Waals surface area contributed by atoms with Gasteiger partial charge in [0.1, 0.15) is 5.15 Å². The second-order valence-electron chi connectivity index (χ2n) is 3.47. The van der Waals surface area contributed by atoms with Gasteiger partial charge in [0.25, 0.3) is 5.56 Å². The third-order valence-corrected chi connectivity index (χ3v) is 2.38. The Morgan fingerprint density at radius 3 is 2.69 bits per heavy atom. The predicted octanol–water partition coefficient (Wildman–Crippen LogP) is 0.123. The molecule has 7 heteroatoms. The van der Waals surface area contributed by atoms with Gasteiger partial charge in [0.2, 0.25) is 0 Å². The molecular weight excluding hydrogens is 220 g/mol. The van der Waals surface area contributed by atoms with E-state index in [-0.39, 0.29) is 0 Å². The molecule has 2 aromatic heterocycles. The molecule has 3 nitrogen and oxygen atoms in total. The van der Waals surface area contributed by atoms with E-state index in [4.69, 9.17) is 35.1 Å². The maximum Gasteiger partial charge on any atom is 0.258 e. The van der Waals surface area contributed by atoms with Crippen molar-refractivity contribution in [1.82, 2.24) is 9.55 Å². The summed E-state index contributed by atoms with van der Waals surface area (Å²) in [7, 11) is 16.4. The van der Waals surface area contributed by atoms with Crippen LogP contribution in [-0.4, -0.2) is 33.1 Å². The van der Waals surface area contributed by atoms with E-state index in [0.717, 1.165) is 4.57 Å². The molecule has 0 spiro atoms. The van der Waals surface area contributed by atoms with Crippen LogP contribution in [0.4, 0.5) is 0 Å². The first-order chi connectivity index (χ1) is 7.39. The number of pyridine rings is 2. The number of rotatable bonds is 1.